The number of nitrogens with zero attached hydrogens (tertiary/aromatic N) is 1. The van der Waals surface area contributed by atoms with Crippen molar-refractivity contribution in [3.8, 4) is 0 Å². The molecule has 0 aliphatic carbocycles. The van der Waals surface area contributed by atoms with Crippen molar-refractivity contribution < 1.29 is 0 Å². The van der Waals surface area contributed by atoms with Gasteiger partial charge in [0, 0.05) is 0 Å². The van der Waals surface area contributed by atoms with Gasteiger partial charge in [0.1, 0.15) is 0 Å². The molecule has 2 heteroatoms. The smallest absolute Gasteiger partial charge is 0.0655 e. The quantitative estimate of drug-likeness (QED) is 0.495. The van der Waals surface area contributed by atoms with Gasteiger partial charge in [0.15, 0.2) is 0 Å². The summed E-state index contributed by atoms with van der Waals surface area (Å²) in [6.07, 6.45) is 5.40. The third kappa shape index (κ3) is 2.24. The molecule has 0 saturated carbocycles. The molecule has 1 aliphatic heterocycles. The maximum atomic E-state index is 3.68. The van der Waals surface area contributed by atoms with E-state index in [0.717, 1.165) is 0 Å². The Labute approximate surface area is 71.9 Å². The van der Waals surface area contributed by atoms with E-state index in [2.05, 4.69) is 27.8 Å². The van der Waals surface area contributed by atoms with Gasteiger partial charge >= 0.3 is 0 Å². The molecular weight excluding hydrogens is 190 g/mol. The molecule has 0 spiro atoms. The summed E-state index contributed by atoms with van der Waals surface area (Å²) in [6, 6.07) is 0. The highest BCUT2D eigenvalue weighted by atomic mass is 79.9. The Morgan fingerprint density at radius 3 is 2.90 bits per heavy atom. The lowest BCUT2D eigenvalue weighted by atomic mass is 10.1. The molecule has 60 valence electrons. The summed E-state index contributed by atoms with van der Waals surface area (Å²) >= 11 is 3.68. The predicted octanol–water partition coefficient (Wildman–Crippen LogP) is 2.60. The van der Waals surface area contributed by atoms with Crippen LogP contribution in [0.5, 0.6) is 0 Å². The number of likely N-dealkylation sites (tertiary alicyclic amines) is 1. The monoisotopic (exact) mass is 205 g/mol. The van der Waals surface area contributed by atoms with Crippen LogP contribution in [0.2, 0.25) is 0 Å². The third-order valence-electron chi connectivity index (χ3n) is 2.04. The molecule has 0 N–H and O–H groups in total. The summed E-state index contributed by atoms with van der Waals surface area (Å²) in [4.78, 5) is 3.20. The van der Waals surface area contributed by atoms with Crippen molar-refractivity contribution in [3.05, 3.63) is 0 Å². The maximum absolute atomic E-state index is 3.68. The number of hydrogen-bond donors (Lipinski definition) is 0. The van der Waals surface area contributed by atoms with Crippen molar-refractivity contribution in [2.75, 3.05) is 13.1 Å². The van der Waals surface area contributed by atoms with Crippen molar-refractivity contribution in [2.45, 2.75) is 37.6 Å². The lowest BCUT2D eigenvalue weighted by Gasteiger charge is -2.31. The Balaban J connectivity index is 2.25. The van der Waals surface area contributed by atoms with Gasteiger partial charge in [-0.05, 0) is 38.8 Å². The predicted molar refractivity (Wildman–Crippen MR) is 48.4 cm³/mol. The van der Waals surface area contributed by atoms with Gasteiger partial charge in [-0.1, -0.05) is 22.9 Å². The van der Waals surface area contributed by atoms with Crippen LogP contribution in [0.4, 0.5) is 0 Å². The highest BCUT2D eigenvalue weighted by molar-refractivity contribution is 9.09. The van der Waals surface area contributed by atoms with Crippen LogP contribution in [0.15, 0.2) is 0 Å². The highest BCUT2D eigenvalue weighted by Gasteiger charge is 2.17. The summed E-state index contributed by atoms with van der Waals surface area (Å²) in [7, 11) is 0. The zero-order valence-corrected chi connectivity index (χ0v) is 8.23. The van der Waals surface area contributed by atoms with Crippen molar-refractivity contribution in [1.29, 1.82) is 0 Å². The second-order valence-electron chi connectivity index (χ2n) is 2.97. The summed E-state index contributed by atoms with van der Waals surface area (Å²) in [5, 5.41) is 0. The van der Waals surface area contributed by atoms with E-state index in [1.807, 2.05) is 0 Å². The molecule has 1 rings (SSSR count). The molecule has 10 heavy (non-hydrogen) atoms. The Kier molecular flexibility index (Phi) is 3.71. The number of piperidine rings is 1. The van der Waals surface area contributed by atoms with E-state index in [4.69, 9.17) is 0 Å². The fourth-order valence-corrected chi connectivity index (χ4v) is 2.22. The Morgan fingerprint density at radius 1 is 1.50 bits per heavy atom. The number of rotatable bonds is 2. The fraction of sp³-hybridized carbons (Fsp3) is 1.00. The topological polar surface area (TPSA) is 3.24 Å². The van der Waals surface area contributed by atoms with Gasteiger partial charge in [-0.2, -0.15) is 0 Å². The van der Waals surface area contributed by atoms with Gasteiger partial charge in [0.25, 0.3) is 0 Å². The Bertz CT molecular complexity index is 93.3. The van der Waals surface area contributed by atoms with E-state index in [1.165, 1.54) is 38.8 Å². The summed E-state index contributed by atoms with van der Waals surface area (Å²) in [6.45, 7) is 4.80. The Morgan fingerprint density at radius 2 is 2.30 bits per heavy atom. The van der Waals surface area contributed by atoms with E-state index in [-0.39, 0.29) is 0 Å². The van der Waals surface area contributed by atoms with Gasteiger partial charge in [-0.25, -0.2) is 0 Å². The molecule has 0 aromatic carbocycles. The number of halogens is 1. The molecule has 0 aromatic heterocycles. The van der Waals surface area contributed by atoms with Crippen molar-refractivity contribution in [2.24, 2.45) is 0 Å². The van der Waals surface area contributed by atoms with Gasteiger partial charge in [-0.3, -0.25) is 4.90 Å². The van der Waals surface area contributed by atoms with E-state index >= 15 is 0 Å². The van der Waals surface area contributed by atoms with E-state index < -0.39 is 0 Å². The number of hydrogen-bond acceptors (Lipinski definition) is 1. The minimum absolute atomic E-state index is 0.668. The fourth-order valence-electron chi connectivity index (χ4n) is 1.49. The SMILES string of the molecule is CCCN1CCCCC1Br. The van der Waals surface area contributed by atoms with Crippen LogP contribution >= 0.6 is 15.9 Å². The molecule has 0 radical (unpaired) electrons. The molecular formula is C8H16BrN. The van der Waals surface area contributed by atoms with Crippen LogP contribution in [0.3, 0.4) is 0 Å². The van der Waals surface area contributed by atoms with E-state index in [0.29, 0.717) is 4.95 Å². The molecule has 0 aromatic rings. The average Bonchev–Trinajstić information content (AvgIpc) is 1.94. The van der Waals surface area contributed by atoms with Crippen molar-refractivity contribution in [3.63, 3.8) is 0 Å². The molecule has 0 bridgehead atoms. The van der Waals surface area contributed by atoms with Gasteiger partial charge in [-0.15, -0.1) is 0 Å². The van der Waals surface area contributed by atoms with Crippen LogP contribution in [-0.2, 0) is 0 Å². The van der Waals surface area contributed by atoms with Gasteiger partial charge < -0.3 is 0 Å². The van der Waals surface area contributed by atoms with Crippen LogP contribution in [-0.4, -0.2) is 22.9 Å². The molecule has 1 aliphatic rings. The average molecular weight is 206 g/mol. The standard InChI is InChI=1S/C8H16BrN/c1-2-6-10-7-4-3-5-8(10)9/h8H,2-7H2,1H3. The van der Waals surface area contributed by atoms with Crippen LogP contribution < -0.4 is 0 Å². The largest absolute Gasteiger partial charge is 0.291 e. The first-order valence-corrected chi connectivity index (χ1v) is 5.14. The molecule has 1 heterocycles. The lowest BCUT2D eigenvalue weighted by molar-refractivity contribution is 0.211. The lowest BCUT2D eigenvalue weighted by Crippen LogP contribution is -2.35. The number of alkyl halides is 1. The second kappa shape index (κ2) is 4.35. The van der Waals surface area contributed by atoms with Crippen LogP contribution in [0.25, 0.3) is 0 Å². The minimum Gasteiger partial charge on any atom is -0.291 e. The molecule has 1 unspecified atom stereocenters. The van der Waals surface area contributed by atoms with Crippen LogP contribution in [0, 0.1) is 0 Å². The minimum atomic E-state index is 0.668. The molecule has 1 saturated heterocycles. The van der Waals surface area contributed by atoms with Crippen molar-refractivity contribution in [1.82, 2.24) is 4.90 Å². The van der Waals surface area contributed by atoms with Crippen LogP contribution in [0.1, 0.15) is 32.6 Å². The van der Waals surface area contributed by atoms with Gasteiger partial charge in [0.05, 0.1) is 4.95 Å². The normalized spacial score (nSPS) is 28.8. The van der Waals surface area contributed by atoms with Gasteiger partial charge in [0.2, 0.25) is 0 Å². The molecule has 1 nitrogen and oxygen atoms in total. The molecule has 1 fully saturated rings. The summed E-state index contributed by atoms with van der Waals surface area (Å²) in [5.74, 6) is 0. The first-order valence-electron chi connectivity index (χ1n) is 4.22. The van der Waals surface area contributed by atoms with Crippen molar-refractivity contribution >= 4 is 15.9 Å². The van der Waals surface area contributed by atoms with E-state index in [9.17, 15) is 0 Å². The van der Waals surface area contributed by atoms with E-state index in [1.54, 1.807) is 0 Å². The zero-order valence-electron chi connectivity index (χ0n) is 6.65. The molecule has 0 amide bonds. The molecule has 1 atom stereocenters. The third-order valence-corrected chi connectivity index (χ3v) is 3.08. The first kappa shape index (κ1) is 8.54. The maximum Gasteiger partial charge on any atom is 0.0655 e. The first-order chi connectivity index (χ1) is 4.84. The zero-order chi connectivity index (χ0) is 7.40. The Hall–Kier alpha value is 0.440. The second-order valence-corrected chi connectivity index (χ2v) is 4.02. The highest BCUT2D eigenvalue weighted by Crippen LogP contribution is 2.21. The summed E-state index contributed by atoms with van der Waals surface area (Å²) < 4.78 is 0. The summed E-state index contributed by atoms with van der Waals surface area (Å²) in [5.41, 5.74) is 0.